The van der Waals surface area contributed by atoms with Gasteiger partial charge in [-0.05, 0) is 25.7 Å². The van der Waals surface area contributed by atoms with Crippen molar-refractivity contribution in [1.29, 1.82) is 0 Å². The Labute approximate surface area is 137 Å². The van der Waals surface area contributed by atoms with Crippen molar-refractivity contribution in [2.24, 2.45) is 0 Å². The maximum atomic E-state index is 12.0. The highest BCUT2D eigenvalue weighted by Crippen LogP contribution is 2.43. The summed E-state index contributed by atoms with van der Waals surface area (Å²) < 4.78 is 22.5. The van der Waals surface area contributed by atoms with E-state index < -0.39 is 7.82 Å². The summed E-state index contributed by atoms with van der Waals surface area (Å²) in [5.74, 6) is 0. The average molecular weight is 339 g/mol. The zero-order chi connectivity index (χ0) is 16.1. The van der Waals surface area contributed by atoms with E-state index in [2.05, 4.69) is 13.8 Å². The first-order valence-electron chi connectivity index (χ1n) is 8.66. The molecular formula is C16H38NO4P. The molecule has 0 bridgehead atoms. The number of phosphoric ester groups is 1. The Kier molecular flexibility index (Phi) is 16.2. The molecule has 0 aliphatic rings. The fourth-order valence-electron chi connectivity index (χ4n) is 2.30. The fraction of sp³-hybridized carbons (Fsp3) is 1.00. The second kappa shape index (κ2) is 14.6. The number of quaternary nitrogens is 1. The largest absolute Gasteiger partial charge is 0.756 e. The van der Waals surface area contributed by atoms with Crippen LogP contribution in [0.25, 0.3) is 0 Å². The van der Waals surface area contributed by atoms with E-state index in [-0.39, 0.29) is 18.4 Å². The van der Waals surface area contributed by atoms with E-state index in [9.17, 15) is 9.46 Å². The van der Waals surface area contributed by atoms with Crippen LogP contribution in [0.3, 0.4) is 0 Å². The van der Waals surface area contributed by atoms with Crippen LogP contribution in [0.4, 0.5) is 0 Å². The molecule has 0 fully saturated rings. The summed E-state index contributed by atoms with van der Waals surface area (Å²) in [4.78, 5) is 12.0. The minimum absolute atomic E-state index is 0. The van der Waals surface area contributed by atoms with Gasteiger partial charge in [-0.25, -0.2) is 0 Å². The summed E-state index contributed by atoms with van der Waals surface area (Å²) in [7, 11) is -4.19. The Balaban J connectivity index is 0. The molecule has 0 spiro atoms. The molecule has 0 aromatic carbocycles. The third kappa shape index (κ3) is 12.6. The molecule has 4 N–H and O–H groups in total. The van der Waals surface area contributed by atoms with E-state index in [0.29, 0.717) is 12.8 Å². The van der Waals surface area contributed by atoms with Crippen molar-refractivity contribution in [2.75, 3.05) is 0 Å². The highest BCUT2D eigenvalue weighted by molar-refractivity contribution is 7.45. The molecule has 0 radical (unpaired) electrons. The molecule has 0 saturated carbocycles. The van der Waals surface area contributed by atoms with Crippen molar-refractivity contribution in [3.8, 4) is 0 Å². The maximum Gasteiger partial charge on any atom is 0.268 e. The first kappa shape index (κ1) is 24.3. The molecule has 0 aromatic heterocycles. The van der Waals surface area contributed by atoms with Crippen molar-refractivity contribution < 1.29 is 18.5 Å². The summed E-state index contributed by atoms with van der Waals surface area (Å²) >= 11 is 0. The van der Waals surface area contributed by atoms with Crippen LogP contribution in [0, 0.1) is 0 Å². The second-order valence-electron chi connectivity index (χ2n) is 5.71. The molecule has 0 amide bonds. The lowest BCUT2D eigenvalue weighted by Crippen LogP contribution is -2.21. The lowest BCUT2D eigenvalue weighted by atomic mass is 10.1. The zero-order valence-corrected chi connectivity index (χ0v) is 16.2. The Morgan fingerprint density at radius 1 is 0.818 bits per heavy atom. The Morgan fingerprint density at radius 2 is 1.18 bits per heavy atom. The molecule has 2 unspecified atom stereocenters. The highest BCUT2D eigenvalue weighted by Gasteiger charge is 2.20. The van der Waals surface area contributed by atoms with Crippen LogP contribution in [-0.2, 0) is 13.6 Å². The van der Waals surface area contributed by atoms with Crippen molar-refractivity contribution in [3.63, 3.8) is 0 Å². The Hall–Kier alpha value is 0.0700. The number of hydrogen-bond acceptors (Lipinski definition) is 4. The molecule has 0 saturated heterocycles. The molecule has 2 atom stereocenters. The number of unbranched alkanes of at least 4 members (excludes halogenated alkanes) is 4. The summed E-state index contributed by atoms with van der Waals surface area (Å²) in [6.45, 7) is 8.17. The minimum Gasteiger partial charge on any atom is -0.756 e. The number of phosphoric acid groups is 1. The van der Waals surface area contributed by atoms with Crippen LogP contribution in [0.2, 0.25) is 0 Å². The molecule has 22 heavy (non-hydrogen) atoms. The highest BCUT2D eigenvalue weighted by atomic mass is 31.2. The minimum atomic E-state index is -4.19. The van der Waals surface area contributed by atoms with Gasteiger partial charge in [0, 0.05) is 0 Å². The number of hydrogen-bond donors (Lipinski definition) is 1. The predicted octanol–water partition coefficient (Wildman–Crippen LogP) is 5.58. The molecule has 6 heteroatoms. The standard InChI is InChI=1S/C16H35O4P.H3N/c1-5-9-11-13-15(7-3)19-21(17,18)20-16(8-4)14-12-10-6-2;/h15-16H,5-14H2,1-4H3,(H,17,18);1H3. The Bertz CT molecular complexity index is 265. The van der Waals surface area contributed by atoms with Gasteiger partial charge in [0.15, 0.2) is 0 Å². The second-order valence-corrected chi connectivity index (χ2v) is 7.03. The average Bonchev–Trinajstić information content (AvgIpc) is 2.45. The van der Waals surface area contributed by atoms with E-state index in [4.69, 9.17) is 9.05 Å². The van der Waals surface area contributed by atoms with Gasteiger partial charge in [-0.3, -0.25) is 4.57 Å². The van der Waals surface area contributed by atoms with Crippen LogP contribution in [0.1, 0.15) is 91.9 Å². The lowest BCUT2D eigenvalue weighted by Gasteiger charge is -2.31. The predicted molar refractivity (Wildman–Crippen MR) is 92.2 cm³/mol. The molecule has 0 aromatic rings. The van der Waals surface area contributed by atoms with Crippen molar-refractivity contribution in [3.05, 3.63) is 0 Å². The van der Waals surface area contributed by atoms with Gasteiger partial charge >= 0.3 is 0 Å². The van der Waals surface area contributed by atoms with Gasteiger partial charge < -0.3 is 20.1 Å². The first-order valence-corrected chi connectivity index (χ1v) is 10.1. The van der Waals surface area contributed by atoms with Gasteiger partial charge in [-0.1, -0.05) is 66.2 Å². The van der Waals surface area contributed by atoms with Crippen LogP contribution in [0.5, 0.6) is 0 Å². The number of rotatable bonds is 14. The quantitative estimate of drug-likeness (QED) is 0.330. The topological polar surface area (TPSA) is 95.1 Å². The van der Waals surface area contributed by atoms with E-state index in [1.165, 1.54) is 0 Å². The van der Waals surface area contributed by atoms with Gasteiger partial charge in [0.25, 0.3) is 7.82 Å². The van der Waals surface area contributed by atoms with Crippen molar-refractivity contribution >= 4 is 7.82 Å². The summed E-state index contributed by atoms with van der Waals surface area (Å²) in [5, 5.41) is 0. The van der Waals surface area contributed by atoms with E-state index >= 15 is 0 Å². The smallest absolute Gasteiger partial charge is 0.268 e. The van der Waals surface area contributed by atoms with Crippen LogP contribution < -0.4 is 11.0 Å². The monoisotopic (exact) mass is 339 g/mol. The first-order chi connectivity index (χ1) is 9.99. The Morgan fingerprint density at radius 3 is 1.45 bits per heavy atom. The lowest BCUT2D eigenvalue weighted by molar-refractivity contribution is -0.234. The summed E-state index contributed by atoms with van der Waals surface area (Å²) in [6, 6.07) is 0. The van der Waals surface area contributed by atoms with E-state index in [1.807, 2.05) is 13.8 Å². The SMILES string of the molecule is CCCCCC(CC)OP(=O)([O-])OC(CC)CCCCC.[NH4+]. The van der Waals surface area contributed by atoms with Crippen LogP contribution in [0.15, 0.2) is 0 Å². The third-order valence-electron chi connectivity index (χ3n) is 3.73. The molecular weight excluding hydrogens is 301 g/mol. The van der Waals surface area contributed by atoms with Crippen LogP contribution in [-0.4, -0.2) is 12.2 Å². The molecule has 0 heterocycles. The van der Waals surface area contributed by atoms with Gasteiger partial charge in [-0.15, -0.1) is 0 Å². The molecule has 136 valence electrons. The third-order valence-corrected chi connectivity index (χ3v) is 4.84. The van der Waals surface area contributed by atoms with Gasteiger partial charge in [0.1, 0.15) is 0 Å². The van der Waals surface area contributed by atoms with Gasteiger partial charge in [0.05, 0.1) is 12.2 Å². The van der Waals surface area contributed by atoms with E-state index in [1.54, 1.807) is 0 Å². The maximum absolute atomic E-state index is 12.0. The molecule has 0 aliphatic heterocycles. The van der Waals surface area contributed by atoms with Gasteiger partial charge in [-0.2, -0.15) is 0 Å². The van der Waals surface area contributed by atoms with Gasteiger partial charge in [0.2, 0.25) is 0 Å². The molecule has 0 aliphatic carbocycles. The summed E-state index contributed by atoms with van der Waals surface area (Å²) in [6.07, 6.45) is 8.95. The van der Waals surface area contributed by atoms with Crippen molar-refractivity contribution in [2.45, 2.75) is 104 Å². The normalized spacial score (nSPS) is 16.6. The van der Waals surface area contributed by atoms with Crippen LogP contribution >= 0.6 is 7.82 Å². The van der Waals surface area contributed by atoms with Crippen molar-refractivity contribution in [1.82, 2.24) is 6.15 Å². The molecule has 0 rings (SSSR count). The zero-order valence-electron chi connectivity index (χ0n) is 15.3. The van der Waals surface area contributed by atoms with E-state index in [0.717, 1.165) is 51.4 Å². The fourth-order valence-corrected chi connectivity index (χ4v) is 3.59. The summed E-state index contributed by atoms with van der Waals surface area (Å²) in [5.41, 5.74) is 0. The molecule has 5 nitrogen and oxygen atoms in total.